The lowest BCUT2D eigenvalue weighted by atomic mass is 10.1. The molecule has 0 radical (unpaired) electrons. The molecule has 1 aromatic carbocycles. The molecular weight excluding hydrogens is 342 g/mol. The summed E-state index contributed by atoms with van der Waals surface area (Å²) in [4.78, 5) is 11.8. The Morgan fingerprint density at radius 1 is 1.15 bits per heavy atom. The van der Waals surface area contributed by atoms with Gasteiger partial charge in [0.15, 0.2) is 5.65 Å². The van der Waals surface area contributed by atoms with Crippen molar-refractivity contribution in [3.05, 3.63) is 24.3 Å². The molecule has 0 aliphatic carbocycles. The van der Waals surface area contributed by atoms with Gasteiger partial charge in [-0.2, -0.15) is 10.1 Å². The van der Waals surface area contributed by atoms with Gasteiger partial charge in [-0.15, -0.1) is 0 Å². The molecule has 4 rings (SSSR count). The molecule has 3 N–H and O–H groups in total. The number of methoxy groups -OCH3 is 1. The van der Waals surface area contributed by atoms with Gasteiger partial charge in [-0.3, -0.25) is 4.68 Å². The Hall–Kier alpha value is -2.87. The number of nitrogens with zero attached hydrogens (tertiary/aromatic N) is 5. The predicted molar refractivity (Wildman–Crippen MR) is 107 cm³/mol. The minimum atomic E-state index is 0.555. The van der Waals surface area contributed by atoms with Gasteiger partial charge >= 0.3 is 0 Å². The Balaban J connectivity index is 1.66. The zero-order valence-corrected chi connectivity index (χ0v) is 15.8. The molecule has 1 aliphatic heterocycles. The maximum Gasteiger partial charge on any atom is 0.225 e. The third kappa shape index (κ3) is 3.52. The SMILES string of the molecule is COc1ccc(-c2nc(NCCN3CCCC3)nc3nn(C)c(N)c23)cc1. The van der Waals surface area contributed by atoms with Crippen LogP contribution in [-0.2, 0) is 7.05 Å². The highest BCUT2D eigenvalue weighted by Crippen LogP contribution is 2.31. The molecule has 0 spiro atoms. The van der Waals surface area contributed by atoms with Gasteiger partial charge < -0.3 is 20.7 Å². The highest BCUT2D eigenvalue weighted by Gasteiger charge is 2.17. The van der Waals surface area contributed by atoms with Crippen molar-refractivity contribution in [2.45, 2.75) is 12.8 Å². The molecule has 8 nitrogen and oxygen atoms in total. The normalized spacial score (nSPS) is 14.7. The second-order valence-corrected chi connectivity index (χ2v) is 6.81. The van der Waals surface area contributed by atoms with Crippen LogP contribution >= 0.6 is 0 Å². The predicted octanol–water partition coefficient (Wildman–Crippen LogP) is 2.13. The van der Waals surface area contributed by atoms with Crippen LogP contribution in [0, 0.1) is 0 Å². The number of aromatic nitrogens is 4. The number of nitrogens with two attached hydrogens (primary N) is 1. The zero-order valence-electron chi connectivity index (χ0n) is 15.8. The summed E-state index contributed by atoms with van der Waals surface area (Å²) >= 11 is 0. The number of nitrogen functional groups attached to an aromatic ring is 1. The first kappa shape index (κ1) is 17.5. The van der Waals surface area contributed by atoms with Crippen LogP contribution in [0.3, 0.4) is 0 Å². The number of anilines is 2. The Morgan fingerprint density at radius 3 is 2.59 bits per heavy atom. The number of hydrogen-bond donors (Lipinski definition) is 2. The van der Waals surface area contributed by atoms with Gasteiger partial charge in [-0.05, 0) is 50.2 Å². The summed E-state index contributed by atoms with van der Waals surface area (Å²) in [5, 5.41) is 8.56. The van der Waals surface area contributed by atoms with E-state index in [1.165, 1.54) is 25.9 Å². The minimum absolute atomic E-state index is 0.555. The van der Waals surface area contributed by atoms with Crippen LogP contribution in [0.15, 0.2) is 24.3 Å². The number of benzene rings is 1. The van der Waals surface area contributed by atoms with Gasteiger partial charge in [-0.25, -0.2) is 4.98 Å². The molecule has 0 amide bonds. The molecule has 0 saturated carbocycles. The third-order valence-corrected chi connectivity index (χ3v) is 5.01. The monoisotopic (exact) mass is 367 g/mol. The van der Waals surface area contributed by atoms with E-state index in [1.807, 2.05) is 31.3 Å². The zero-order chi connectivity index (χ0) is 18.8. The second kappa shape index (κ2) is 7.40. The van der Waals surface area contributed by atoms with E-state index in [4.69, 9.17) is 15.5 Å². The van der Waals surface area contributed by atoms with Crippen molar-refractivity contribution in [3.8, 4) is 17.0 Å². The molecule has 0 unspecified atom stereocenters. The molecule has 0 bridgehead atoms. The van der Waals surface area contributed by atoms with Crippen LogP contribution in [0.1, 0.15) is 12.8 Å². The molecule has 3 heterocycles. The van der Waals surface area contributed by atoms with Crippen molar-refractivity contribution >= 4 is 22.8 Å². The van der Waals surface area contributed by atoms with Gasteiger partial charge in [0.1, 0.15) is 11.6 Å². The lowest BCUT2D eigenvalue weighted by molar-refractivity contribution is 0.352. The average molecular weight is 367 g/mol. The molecule has 27 heavy (non-hydrogen) atoms. The van der Waals surface area contributed by atoms with Crippen LogP contribution in [-0.4, -0.2) is 57.9 Å². The minimum Gasteiger partial charge on any atom is -0.497 e. The van der Waals surface area contributed by atoms with E-state index in [0.29, 0.717) is 17.4 Å². The second-order valence-electron chi connectivity index (χ2n) is 6.81. The molecule has 3 aromatic rings. The maximum absolute atomic E-state index is 6.23. The van der Waals surface area contributed by atoms with Crippen LogP contribution in [0.5, 0.6) is 5.75 Å². The maximum atomic E-state index is 6.23. The quantitative estimate of drug-likeness (QED) is 0.689. The number of aryl methyl sites for hydroxylation is 1. The molecule has 1 saturated heterocycles. The van der Waals surface area contributed by atoms with E-state index in [2.05, 4.69) is 20.3 Å². The van der Waals surface area contributed by atoms with Crippen molar-refractivity contribution in [1.82, 2.24) is 24.6 Å². The highest BCUT2D eigenvalue weighted by atomic mass is 16.5. The number of likely N-dealkylation sites (tertiary alicyclic amines) is 1. The summed E-state index contributed by atoms with van der Waals surface area (Å²) in [5.74, 6) is 1.93. The van der Waals surface area contributed by atoms with Crippen molar-refractivity contribution in [1.29, 1.82) is 0 Å². The Kier molecular flexibility index (Phi) is 4.81. The fourth-order valence-corrected chi connectivity index (χ4v) is 3.48. The van der Waals surface area contributed by atoms with E-state index in [-0.39, 0.29) is 0 Å². The van der Waals surface area contributed by atoms with Crippen molar-refractivity contribution < 1.29 is 4.74 Å². The molecule has 1 fully saturated rings. The first-order chi connectivity index (χ1) is 13.2. The molecular formula is C19H25N7O. The summed E-state index contributed by atoms with van der Waals surface area (Å²) in [6.45, 7) is 4.14. The van der Waals surface area contributed by atoms with E-state index in [1.54, 1.807) is 11.8 Å². The summed E-state index contributed by atoms with van der Waals surface area (Å²) in [6, 6.07) is 7.77. The first-order valence-electron chi connectivity index (χ1n) is 9.26. The standard InChI is InChI=1S/C19H25N7O/c1-25-17(20)15-16(13-5-7-14(27-2)8-6-13)22-19(23-18(15)24-25)21-9-12-26-10-3-4-11-26/h5-8H,3-4,9-12,20H2,1-2H3,(H,21,23,24). The summed E-state index contributed by atoms with van der Waals surface area (Å²) in [5.41, 5.74) is 8.56. The van der Waals surface area contributed by atoms with Crippen LogP contribution in [0.25, 0.3) is 22.3 Å². The summed E-state index contributed by atoms with van der Waals surface area (Å²) in [7, 11) is 3.47. The van der Waals surface area contributed by atoms with E-state index in [0.717, 1.165) is 35.5 Å². The van der Waals surface area contributed by atoms with Gasteiger partial charge in [0.05, 0.1) is 18.2 Å². The smallest absolute Gasteiger partial charge is 0.225 e. The topological polar surface area (TPSA) is 94.1 Å². The number of ether oxygens (including phenoxy) is 1. The first-order valence-corrected chi connectivity index (χ1v) is 9.26. The van der Waals surface area contributed by atoms with Gasteiger partial charge in [0, 0.05) is 25.7 Å². The van der Waals surface area contributed by atoms with E-state index < -0.39 is 0 Å². The van der Waals surface area contributed by atoms with Crippen molar-refractivity contribution in [2.24, 2.45) is 7.05 Å². The number of nitrogens with one attached hydrogen (secondary N) is 1. The molecule has 8 heteroatoms. The fourth-order valence-electron chi connectivity index (χ4n) is 3.48. The van der Waals surface area contributed by atoms with Gasteiger partial charge in [-0.1, -0.05) is 0 Å². The Morgan fingerprint density at radius 2 is 1.89 bits per heavy atom. The average Bonchev–Trinajstić information content (AvgIpc) is 3.30. The van der Waals surface area contributed by atoms with Gasteiger partial charge in [0.25, 0.3) is 0 Å². The Bertz CT molecular complexity index is 929. The summed E-state index contributed by atoms with van der Waals surface area (Å²) in [6.07, 6.45) is 2.58. The fraction of sp³-hybridized carbons (Fsp3) is 0.421. The number of fused-ring (bicyclic) bond motifs is 1. The van der Waals surface area contributed by atoms with Crippen molar-refractivity contribution in [2.75, 3.05) is 44.3 Å². The summed E-state index contributed by atoms with van der Waals surface area (Å²) < 4.78 is 6.89. The van der Waals surface area contributed by atoms with Crippen molar-refractivity contribution in [3.63, 3.8) is 0 Å². The van der Waals surface area contributed by atoms with Crippen LogP contribution in [0.2, 0.25) is 0 Å². The largest absolute Gasteiger partial charge is 0.497 e. The lowest BCUT2D eigenvalue weighted by Gasteiger charge is -2.15. The van der Waals surface area contributed by atoms with E-state index in [9.17, 15) is 0 Å². The van der Waals surface area contributed by atoms with E-state index >= 15 is 0 Å². The highest BCUT2D eigenvalue weighted by molar-refractivity contribution is 5.98. The Labute approximate surface area is 158 Å². The number of hydrogen-bond acceptors (Lipinski definition) is 7. The molecule has 142 valence electrons. The molecule has 2 aromatic heterocycles. The third-order valence-electron chi connectivity index (χ3n) is 5.01. The van der Waals surface area contributed by atoms with Crippen LogP contribution in [0.4, 0.5) is 11.8 Å². The molecule has 0 atom stereocenters. The number of rotatable bonds is 6. The van der Waals surface area contributed by atoms with Crippen LogP contribution < -0.4 is 15.8 Å². The molecule has 1 aliphatic rings. The van der Waals surface area contributed by atoms with Gasteiger partial charge in [0.2, 0.25) is 5.95 Å². The lowest BCUT2D eigenvalue weighted by Crippen LogP contribution is -2.26.